The molecule has 146 valence electrons. The molecule has 0 unspecified atom stereocenters. The van der Waals surface area contributed by atoms with Gasteiger partial charge in [0.05, 0.1) is 18.2 Å². The van der Waals surface area contributed by atoms with Crippen molar-refractivity contribution in [1.29, 1.82) is 0 Å². The molecular formula is C22H25N3O3. The van der Waals surface area contributed by atoms with Crippen LogP contribution in [0.5, 0.6) is 0 Å². The third-order valence-electron chi connectivity index (χ3n) is 5.82. The number of ether oxygens (including phenoxy) is 1. The number of hydrogen-bond acceptors (Lipinski definition) is 4. The molecule has 0 N–H and O–H groups in total. The smallest absolute Gasteiger partial charge is 0.255 e. The molecule has 2 aromatic rings. The summed E-state index contributed by atoms with van der Waals surface area (Å²) in [5, 5.41) is 0. The normalized spacial score (nSPS) is 24.8. The Labute approximate surface area is 165 Å². The minimum absolute atomic E-state index is 0.00853. The maximum absolute atomic E-state index is 13.0. The summed E-state index contributed by atoms with van der Waals surface area (Å²) in [6.45, 7) is 5.53. The Balaban J connectivity index is 1.54. The summed E-state index contributed by atoms with van der Waals surface area (Å²) in [7, 11) is 0. The third-order valence-corrected chi connectivity index (χ3v) is 5.82. The Kier molecular flexibility index (Phi) is 4.89. The Morgan fingerprint density at radius 2 is 2.04 bits per heavy atom. The zero-order valence-corrected chi connectivity index (χ0v) is 16.3. The quantitative estimate of drug-likeness (QED) is 0.822. The minimum Gasteiger partial charge on any atom is -0.361 e. The second kappa shape index (κ2) is 7.36. The van der Waals surface area contributed by atoms with E-state index in [1.165, 1.54) is 0 Å². The topological polar surface area (TPSA) is 62.7 Å². The number of piperidine rings is 1. The standard InChI is InChI=1S/C22H25N3O3/c1-16-18(9-6-11-23-16)21(27)24-12-10-19-22(2,15-24)28-14-20(26)25(19)13-17-7-4-3-5-8-17/h3-9,11,19H,10,12-15H2,1-2H3/t19-,22-/m1/s1. The fraction of sp³-hybridized carbons (Fsp3) is 0.409. The molecule has 6 heteroatoms. The number of hydrogen-bond donors (Lipinski definition) is 0. The molecule has 0 saturated carbocycles. The predicted octanol–water partition coefficient (Wildman–Crippen LogP) is 2.42. The maximum atomic E-state index is 13.0. The lowest BCUT2D eigenvalue weighted by molar-refractivity contribution is -0.186. The maximum Gasteiger partial charge on any atom is 0.255 e. The predicted molar refractivity (Wildman–Crippen MR) is 105 cm³/mol. The van der Waals surface area contributed by atoms with E-state index >= 15 is 0 Å². The summed E-state index contributed by atoms with van der Waals surface area (Å²) in [4.78, 5) is 33.6. The van der Waals surface area contributed by atoms with Crippen LogP contribution in [0.4, 0.5) is 0 Å². The highest BCUT2D eigenvalue weighted by molar-refractivity contribution is 5.95. The number of carbonyl (C=O) groups excluding carboxylic acids is 2. The molecule has 2 saturated heterocycles. The number of carbonyl (C=O) groups is 2. The van der Waals surface area contributed by atoms with Crippen molar-refractivity contribution in [3.05, 3.63) is 65.5 Å². The highest BCUT2D eigenvalue weighted by atomic mass is 16.5. The van der Waals surface area contributed by atoms with Crippen LogP contribution in [-0.4, -0.2) is 57.9 Å². The Morgan fingerprint density at radius 3 is 2.79 bits per heavy atom. The fourth-order valence-electron chi connectivity index (χ4n) is 4.29. The number of likely N-dealkylation sites (tertiary alicyclic amines) is 1. The summed E-state index contributed by atoms with van der Waals surface area (Å²) in [5.41, 5.74) is 1.87. The molecule has 1 aromatic heterocycles. The molecular weight excluding hydrogens is 354 g/mol. The van der Waals surface area contributed by atoms with Crippen molar-refractivity contribution in [2.45, 2.75) is 38.5 Å². The van der Waals surface area contributed by atoms with E-state index in [0.29, 0.717) is 31.6 Å². The van der Waals surface area contributed by atoms with Gasteiger partial charge in [0.1, 0.15) is 12.2 Å². The van der Waals surface area contributed by atoms with Gasteiger partial charge in [-0.25, -0.2) is 0 Å². The number of pyridine rings is 1. The molecule has 0 radical (unpaired) electrons. The van der Waals surface area contributed by atoms with Gasteiger partial charge in [0.25, 0.3) is 5.91 Å². The number of fused-ring (bicyclic) bond motifs is 1. The van der Waals surface area contributed by atoms with E-state index in [1.54, 1.807) is 12.3 Å². The van der Waals surface area contributed by atoms with Crippen molar-refractivity contribution in [1.82, 2.24) is 14.8 Å². The summed E-state index contributed by atoms with van der Waals surface area (Å²) >= 11 is 0. The van der Waals surface area contributed by atoms with Gasteiger partial charge >= 0.3 is 0 Å². The van der Waals surface area contributed by atoms with Gasteiger partial charge in [0, 0.05) is 25.0 Å². The number of nitrogens with zero attached hydrogens (tertiary/aromatic N) is 3. The first kappa shape index (κ1) is 18.6. The van der Waals surface area contributed by atoms with Crippen molar-refractivity contribution < 1.29 is 14.3 Å². The first-order chi connectivity index (χ1) is 13.5. The molecule has 2 amide bonds. The lowest BCUT2D eigenvalue weighted by Crippen LogP contribution is -2.67. The van der Waals surface area contributed by atoms with E-state index in [4.69, 9.17) is 4.74 Å². The summed E-state index contributed by atoms with van der Waals surface area (Å²) in [6.07, 6.45) is 2.39. The summed E-state index contributed by atoms with van der Waals surface area (Å²) in [6, 6.07) is 13.5. The van der Waals surface area contributed by atoms with Gasteiger partial charge in [-0.2, -0.15) is 0 Å². The SMILES string of the molecule is Cc1ncccc1C(=O)N1CC[C@H]2N(Cc3ccccc3)C(=O)CO[C@]2(C)C1. The van der Waals surface area contributed by atoms with Gasteiger partial charge in [0.2, 0.25) is 5.91 Å². The van der Waals surface area contributed by atoms with Crippen molar-refractivity contribution in [3.8, 4) is 0 Å². The molecule has 0 aliphatic carbocycles. The van der Waals surface area contributed by atoms with Crippen LogP contribution in [0.25, 0.3) is 0 Å². The van der Waals surface area contributed by atoms with Gasteiger partial charge in [-0.3, -0.25) is 14.6 Å². The van der Waals surface area contributed by atoms with E-state index in [9.17, 15) is 9.59 Å². The van der Waals surface area contributed by atoms with Gasteiger partial charge in [-0.1, -0.05) is 30.3 Å². The highest BCUT2D eigenvalue weighted by Crippen LogP contribution is 2.34. The highest BCUT2D eigenvalue weighted by Gasteiger charge is 2.49. The van der Waals surface area contributed by atoms with Gasteiger partial charge in [-0.15, -0.1) is 0 Å². The van der Waals surface area contributed by atoms with Crippen LogP contribution < -0.4 is 0 Å². The van der Waals surface area contributed by atoms with E-state index in [-0.39, 0.29) is 24.5 Å². The number of aryl methyl sites for hydroxylation is 1. The fourth-order valence-corrected chi connectivity index (χ4v) is 4.29. The molecule has 1 aromatic carbocycles. The zero-order chi connectivity index (χ0) is 19.7. The average molecular weight is 379 g/mol. The minimum atomic E-state index is -0.577. The molecule has 6 nitrogen and oxygen atoms in total. The molecule has 0 spiro atoms. The first-order valence-corrected chi connectivity index (χ1v) is 9.66. The first-order valence-electron chi connectivity index (χ1n) is 9.66. The molecule has 2 fully saturated rings. The largest absolute Gasteiger partial charge is 0.361 e. The van der Waals surface area contributed by atoms with E-state index in [2.05, 4.69) is 4.98 Å². The van der Waals surface area contributed by atoms with E-state index in [0.717, 1.165) is 11.3 Å². The van der Waals surface area contributed by atoms with Crippen LogP contribution in [0.15, 0.2) is 48.7 Å². The number of benzene rings is 1. The Morgan fingerprint density at radius 1 is 1.25 bits per heavy atom. The molecule has 0 bridgehead atoms. The molecule has 4 rings (SSSR count). The van der Waals surface area contributed by atoms with Crippen LogP contribution in [0.3, 0.4) is 0 Å². The number of morpholine rings is 1. The van der Waals surface area contributed by atoms with E-state index in [1.807, 2.05) is 60.0 Å². The molecule has 3 heterocycles. The van der Waals surface area contributed by atoms with E-state index < -0.39 is 5.60 Å². The van der Waals surface area contributed by atoms with Crippen LogP contribution in [-0.2, 0) is 16.1 Å². The van der Waals surface area contributed by atoms with Gasteiger partial charge in [-0.05, 0) is 38.0 Å². The van der Waals surface area contributed by atoms with Gasteiger partial charge < -0.3 is 14.5 Å². The molecule has 2 atom stereocenters. The number of rotatable bonds is 3. The number of amides is 2. The monoisotopic (exact) mass is 379 g/mol. The molecule has 2 aliphatic rings. The van der Waals surface area contributed by atoms with Crippen molar-refractivity contribution in [2.75, 3.05) is 19.7 Å². The van der Waals surface area contributed by atoms with Crippen LogP contribution >= 0.6 is 0 Å². The Hall–Kier alpha value is -2.73. The second-order valence-electron chi connectivity index (χ2n) is 7.78. The molecule has 2 aliphatic heterocycles. The Bertz CT molecular complexity index is 886. The lowest BCUT2D eigenvalue weighted by Gasteiger charge is -2.52. The average Bonchev–Trinajstić information content (AvgIpc) is 2.71. The van der Waals surface area contributed by atoms with Gasteiger partial charge in [0.15, 0.2) is 0 Å². The second-order valence-corrected chi connectivity index (χ2v) is 7.78. The van der Waals surface area contributed by atoms with Crippen molar-refractivity contribution >= 4 is 11.8 Å². The van der Waals surface area contributed by atoms with Crippen LogP contribution in [0.2, 0.25) is 0 Å². The van der Waals surface area contributed by atoms with Crippen LogP contribution in [0, 0.1) is 6.92 Å². The van der Waals surface area contributed by atoms with Crippen molar-refractivity contribution in [2.24, 2.45) is 0 Å². The molecule has 28 heavy (non-hydrogen) atoms. The van der Waals surface area contributed by atoms with Crippen LogP contribution in [0.1, 0.15) is 35.0 Å². The number of aromatic nitrogens is 1. The zero-order valence-electron chi connectivity index (χ0n) is 16.3. The third kappa shape index (κ3) is 3.40. The summed E-state index contributed by atoms with van der Waals surface area (Å²) in [5.74, 6) is -0.0189. The lowest BCUT2D eigenvalue weighted by atomic mass is 9.85. The summed E-state index contributed by atoms with van der Waals surface area (Å²) < 4.78 is 6.00. The van der Waals surface area contributed by atoms with Crippen molar-refractivity contribution in [3.63, 3.8) is 0 Å².